The van der Waals surface area contributed by atoms with E-state index in [1.54, 1.807) is 6.08 Å². The Morgan fingerprint density at radius 2 is 1.92 bits per heavy atom. The molecular formula is C12H22O. The summed E-state index contributed by atoms with van der Waals surface area (Å²) in [4.78, 5) is 0. The van der Waals surface area contributed by atoms with Crippen LogP contribution in [0, 0.1) is 0 Å². The fourth-order valence-corrected chi connectivity index (χ4v) is 1.07. The zero-order valence-corrected chi connectivity index (χ0v) is 8.92. The maximum absolute atomic E-state index is 9.40. The first-order valence-electron chi connectivity index (χ1n) is 5.40. The summed E-state index contributed by atoms with van der Waals surface area (Å²) in [6, 6.07) is 0. The van der Waals surface area contributed by atoms with Crippen LogP contribution in [0.4, 0.5) is 0 Å². The Labute approximate surface area is 82.2 Å². The molecule has 1 nitrogen and oxygen atoms in total. The second-order valence-corrected chi connectivity index (χ2v) is 3.39. The molecule has 0 saturated heterocycles. The van der Waals surface area contributed by atoms with Gasteiger partial charge >= 0.3 is 0 Å². The summed E-state index contributed by atoms with van der Waals surface area (Å²) in [5.74, 6) is 0. The zero-order chi connectivity index (χ0) is 9.94. The molecule has 0 saturated carbocycles. The van der Waals surface area contributed by atoms with Crippen LogP contribution < -0.4 is 0 Å². The molecule has 0 aromatic rings. The summed E-state index contributed by atoms with van der Waals surface area (Å²) < 4.78 is 0. The molecule has 0 radical (unpaired) electrons. The van der Waals surface area contributed by atoms with E-state index in [9.17, 15) is 5.11 Å². The van der Waals surface area contributed by atoms with Gasteiger partial charge in [0.1, 0.15) is 0 Å². The van der Waals surface area contributed by atoms with Crippen molar-refractivity contribution in [3.63, 3.8) is 0 Å². The third kappa shape index (κ3) is 9.39. The molecule has 1 heteroatoms. The summed E-state index contributed by atoms with van der Waals surface area (Å²) in [7, 11) is 0. The van der Waals surface area contributed by atoms with Crippen LogP contribution in [0.25, 0.3) is 0 Å². The number of unbranched alkanes of at least 4 members (excludes halogenated alkanes) is 3. The zero-order valence-electron chi connectivity index (χ0n) is 8.92. The van der Waals surface area contributed by atoms with Crippen LogP contribution in [0.3, 0.4) is 0 Å². The molecule has 1 N–H and O–H groups in total. The van der Waals surface area contributed by atoms with Crippen molar-refractivity contribution < 1.29 is 5.11 Å². The minimum atomic E-state index is -0.294. The fourth-order valence-electron chi connectivity index (χ4n) is 1.07. The fraction of sp³-hybridized carbons (Fsp3) is 0.750. The quantitative estimate of drug-likeness (QED) is 0.472. The van der Waals surface area contributed by atoms with Gasteiger partial charge in [0.25, 0.3) is 0 Å². The van der Waals surface area contributed by atoms with E-state index >= 15 is 0 Å². The van der Waals surface area contributed by atoms with Gasteiger partial charge in [-0.2, -0.15) is 0 Å². The van der Waals surface area contributed by atoms with Crippen LogP contribution >= 0.6 is 0 Å². The highest BCUT2D eigenvalue weighted by molar-refractivity contribution is 4.89. The topological polar surface area (TPSA) is 20.2 Å². The van der Waals surface area contributed by atoms with Crippen molar-refractivity contribution >= 4 is 0 Å². The Kier molecular flexibility index (Phi) is 9.18. The third-order valence-corrected chi connectivity index (χ3v) is 1.96. The van der Waals surface area contributed by atoms with Crippen molar-refractivity contribution in [1.29, 1.82) is 0 Å². The summed E-state index contributed by atoms with van der Waals surface area (Å²) >= 11 is 0. The van der Waals surface area contributed by atoms with Crippen LogP contribution in [-0.4, -0.2) is 11.2 Å². The lowest BCUT2D eigenvalue weighted by atomic mass is 10.1. The Morgan fingerprint density at radius 1 is 1.23 bits per heavy atom. The molecule has 0 bridgehead atoms. The smallest absolute Gasteiger partial charge is 0.0794 e. The molecule has 0 aliphatic carbocycles. The van der Waals surface area contributed by atoms with Crippen LogP contribution in [-0.2, 0) is 0 Å². The predicted octanol–water partition coefficient (Wildman–Crippen LogP) is 3.44. The lowest BCUT2D eigenvalue weighted by Crippen LogP contribution is -1.99. The third-order valence-electron chi connectivity index (χ3n) is 1.96. The first kappa shape index (κ1) is 12.5. The lowest BCUT2D eigenvalue weighted by Gasteiger charge is -2.00. The van der Waals surface area contributed by atoms with Gasteiger partial charge in [0.2, 0.25) is 0 Å². The summed E-state index contributed by atoms with van der Waals surface area (Å²) in [5.41, 5.74) is 3.03. The monoisotopic (exact) mass is 182 g/mol. The number of hydrogen-bond acceptors (Lipinski definition) is 1. The molecule has 1 atom stereocenters. The molecule has 0 aliphatic heterocycles. The standard InChI is InChI=1S/C12H22O/c1-3-5-7-8-9-11-12(13)10-6-4-2/h8,11-13H,3-7,10H2,1-2H3/t9?,12-/m0/s1. The number of aliphatic hydroxyl groups excluding tert-OH is 1. The largest absolute Gasteiger partial charge is 0.388 e. The molecule has 76 valence electrons. The van der Waals surface area contributed by atoms with E-state index in [4.69, 9.17) is 0 Å². The Hall–Kier alpha value is -0.520. The van der Waals surface area contributed by atoms with E-state index in [0.29, 0.717) is 0 Å². The second-order valence-electron chi connectivity index (χ2n) is 3.39. The first-order chi connectivity index (χ1) is 6.31. The first-order valence-corrected chi connectivity index (χ1v) is 5.40. The van der Waals surface area contributed by atoms with E-state index in [2.05, 4.69) is 19.6 Å². The van der Waals surface area contributed by atoms with Gasteiger partial charge in [-0.15, -0.1) is 5.73 Å². The van der Waals surface area contributed by atoms with Crippen molar-refractivity contribution in [2.24, 2.45) is 0 Å². The molecule has 0 spiro atoms. The minimum Gasteiger partial charge on any atom is -0.388 e. The van der Waals surface area contributed by atoms with Gasteiger partial charge in [-0.1, -0.05) is 33.1 Å². The van der Waals surface area contributed by atoms with Gasteiger partial charge in [0.05, 0.1) is 6.10 Å². The average Bonchev–Trinajstić information content (AvgIpc) is 2.14. The highest BCUT2D eigenvalue weighted by atomic mass is 16.3. The number of hydrogen-bond donors (Lipinski definition) is 1. The lowest BCUT2D eigenvalue weighted by molar-refractivity contribution is 0.209. The molecule has 0 aliphatic rings. The molecule has 0 rings (SSSR count). The molecule has 0 amide bonds. The van der Waals surface area contributed by atoms with Crippen molar-refractivity contribution in [3.8, 4) is 0 Å². The maximum Gasteiger partial charge on any atom is 0.0794 e. The van der Waals surface area contributed by atoms with Gasteiger partial charge in [-0.25, -0.2) is 0 Å². The highest BCUT2D eigenvalue weighted by Gasteiger charge is 1.95. The van der Waals surface area contributed by atoms with Gasteiger partial charge in [0.15, 0.2) is 0 Å². The number of aliphatic hydroxyl groups is 1. The predicted molar refractivity (Wildman–Crippen MR) is 57.7 cm³/mol. The number of rotatable bonds is 7. The van der Waals surface area contributed by atoms with Crippen molar-refractivity contribution in [2.45, 2.75) is 58.5 Å². The molecule has 0 fully saturated rings. The van der Waals surface area contributed by atoms with E-state index < -0.39 is 0 Å². The molecule has 0 aromatic carbocycles. The maximum atomic E-state index is 9.40. The Balaban J connectivity index is 3.50. The van der Waals surface area contributed by atoms with Crippen LogP contribution in [0.15, 0.2) is 17.9 Å². The van der Waals surface area contributed by atoms with Gasteiger partial charge in [-0.3, -0.25) is 0 Å². The molecule has 0 aromatic heterocycles. The molecule has 0 heterocycles. The van der Waals surface area contributed by atoms with Crippen LogP contribution in [0.2, 0.25) is 0 Å². The molecule has 13 heavy (non-hydrogen) atoms. The minimum absolute atomic E-state index is 0.294. The Morgan fingerprint density at radius 3 is 2.54 bits per heavy atom. The van der Waals surface area contributed by atoms with Crippen molar-refractivity contribution in [3.05, 3.63) is 17.9 Å². The molecular weight excluding hydrogens is 160 g/mol. The van der Waals surface area contributed by atoms with Crippen molar-refractivity contribution in [1.82, 2.24) is 0 Å². The van der Waals surface area contributed by atoms with Gasteiger partial charge < -0.3 is 5.11 Å². The summed E-state index contributed by atoms with van der Waals surface area (Å²) in [5, 5.41) is 9.40. The van der Waals surface area contributed by atoms with E-state index in [1.165, 1.54) is 12.8 Å². The van der Waals surface area contributed by atoms with Crippen LogP contribution in [0.5, 0.6) is 0 Å². The average molecular weight is 182 g/mol. The van der Waals surface area contributed by atoms with E-state index in [1.807, 2.05) is 6.08 Å². The van der Waals surface area contributed by atoms with E-state index in [0.717, 1.165) is 25.7 Å². The van der Waals surface area contributed by atoms with Gasteiger partial charge in [-0.05, 0) is 31.4 Å². The summed E-state index contributed by atoms with van der Waals surface area (Å²) in [6.07, 6.45) is 10.1. The van der Waals surface area contributed by atoms with Crippen molar-refractivity contribution in [2.75, 3.05) is 0 Å². The molecule has 0 unspecified atom stereocenters. The normalized spacial score (nSPS) is 11.9. The van der Waals surface area contributed by atoms with Gasteiger partial charge in [0, 0.05) is 0 Å². The Bertz CT molecular complexity index is 155. The summed E-state index contributed by atoms with van der Waals surface area (Å²) in [6.45, 7) is 4.31. The van der Waals surface area contributed by atoms with Crippen LogP contribution in [0.1, 0.15) is 52.4 Å². The second kappa shape index (κ2) is 9.57. The SMILES string of the molecule is CCCCC=C=C[C@@H](O)CCCC. The highest BCUT2D eigenvalue weighted by Crippen LogP contribution is 2.01. The van der Waals surface area contributed by atoms with E-state index in [-0.39, 0.29) is 6.10 Å².